The van der Waals surface area contributed by atoms with Crippen LogP contribution < -0.4 is 10.1 Å². The maximum absolute atomic E-state index is 13.0. The third-order valence-electron chi connectivity index (χ3n) is 6.02. The molecule has 2 aromatic heterocycles. The average molecular weight is 509 g/mol. The van der Waals surface area contributed by atoms with Crippen molar-refractivity contribution in [1.29, 1.82) is 0 Å². The minimum absolute atomic E-state index is 0.0180. The lowest BCUT2D eigenvalue weighted by Crippen LogP contribution is -2.16. The smallest absolute Gasteiger partial charge is 0.416 e. The third kappa shape index (κ3) is 5.49. The molecule has 1 amide bonds. The molecule has 0 radical (unpaired) electrons. The third-order valence-corrected chi connectivity index (χ3v) is 6.02. The summed E-state index contributed by atoms with van der Waals surface area (Å²) in [6, 6.07) is 11.3. The highest BCUT2D eigenvalue weighted by Gasteiger charge is 2.31. The molecule has 0 saturated carbocycles. The Labute approximate surface area is 210 Å². The molecule has 0 spiro atoms. The SMILES string of the molecule is Cc1ccc(NC(=O)c2cccc(C(F)(F)F)c2)cc1-n1cc(-c2cnccc2O[C@@H]2CCOC2)cn1. The van der Waals surface area contributed by atoms with E-state index in [0.29, 0.717) is 30.3 Å². The van der Waals surface area contributed by atoms with Crippen LogP contribution in [0.15, 0.2) is 73.3 Å². The van der Waals surface area contributed by atoms with Gasteiger partial charge in [-0.25, -0.2) is 4.68 Å². The lowest BCUT2D eigenvalue weighted by molar-refractivity contribution is -0.137. The summed E-state index contributed by atoms with van der Waals surface area (Å²) >= 11 is 0. The van der Waals surface area contributed by atoms with Gasteiger partial charge in [0, 0.05) is 47.4 Å². The number of alkyl halides is 3. The molecule has 5 rings (SSSR count). The Morgan fingerprint density at radius 1 is 1.16 bits per heavy atom. The van der Waals surface area contributed by atoms with Crippen LogP contribution in [0.2, 0.25) is 0 Å². The van der Waals surface area contributed by atoms with Crippen LogP contribution >= 0.6 is 0 Å². The van der Waals surface area contributed by atoms with E-state index in [9.17, 15) is 18.0 Å². The number of halogens is 3. The zero-order valence-electron chi connectivity index (χ0n) is 19.8. The largest absolute Gasteiger partial charge is 0.487 e. The van der Waals surface area contributed by atoms with E-state index in [1.807, 2.05) is 13.1 Å². The Hall–Kier alpha value is -4.18. The van der Waals surface area contributed by atoms with Gasteiger partial charge < -0.3 is 14.8 Å². The first-order chi connectivity index (χ1) is 17.8. The summed E-state index contributed by atoms with van der Waals surface area (Å²) in [6.07, 6.45) is 3.17. The van der Waals surface area contributed by atoms with Crippen LogP contribution in [0.1, 0.15) is 27.9 Å². The van der Waals surface area contributed by atoms with Gasteiger partial charge in [-0.05, 0) is 48.9 Å². The molecule has 7 nitrogen and oxygen atoms in total. The van der Waals surface area contributed by atoms with Gasteiger partial charge in [0.1, 0.15) is 11.9 Å². The fourth-order valence-corrected chi connectivity index (χ4v) is 4.05. The van der Waals surface area contributed by atoms with Crippen LogP contribution in [0.25, 0.3) is 16.8 Å². The van der Waals surface area contributed by atoms with Crippen molar-refractivity contribution in [3.63, 3.8) is 0 Å². The van der Waals surface area contributed by atoms with Gasteiger partial charge in [-0.3, -0.25) is 9.78 Å². The van der Waals surface area contributed by atoms with Gasteiger partial charge in [0.05, 0.1) is 30.7 Å². The molecule has 0 unspecified atom stereocenters. The number of anilines is 1. The maximum atomic E-state index is 13.0. The van der Waals surface area contributed by atoms with E-state index >= 15 is 0 Å². The zero-order valence-corrected chi connectivity index (χ0v) is 19.8. The van der Waals surface area contributed by atoms with Crippen LogP contribution in [0.3, 0.4) is 0 Å². The number of hydrogen-bond donors (Lipinski definition) is 1. The molecule has 0 aliphatic carbocycles. The second kappa shape index (κ2) is 10.1. The number of aryl methyl sites for hydroxylation is 1. The van der Waals surface area contributed by atoms with E-state index in [2.05, 4.69) is 15.4 Å². The molecule has 2 aromatic carbocycles. The number of benzene rings is 2. The van der Waals surface area contributed by atoms with Crippen LogP contribution in [0.5, 0.6) is 5.75 Å². The summed E-state index contributed by atoms with van der Waals surface area (Å²) in [5, 5.41) is 7.16. The summed E-state index contributed by atoms with van der Waals surface area (Å²) in [4.78, 5) is 16.9. The molecule has 1 saturated heterocycles. The first kappa shape index (κ1) is 24.5. The summed E-state index contributed by atoms with van der Waals surface area (Å²) < 4.78 is 52.3. The Morgan fingerprint density at radius 3 is 2.81 bits per heavy atom. The van der Waals surface area contributed by atoms with Gasteiger partial charge in [0.25, 0.3) is 5.91 Å². The lowest BCUT2D eigenvalue weighted by Gasteiger charge is -2.14. The van der Waals surface area contributed by atoms with E-state index in [1.165, 1.54) is 12.1 Å². The highest BCUT2D eigenvalue weighted by atomic mass is 19.4. The fourth-order valence-electron chi connectivity index (χ4n) is 4.05. The molecule has 1 aliphatic heterocycles. The molecule has 1 N–H and O–H groups in total. The molecule has 10 heteroatoms. The molecule has 1 fully saturated rings. The number of pyridine rings is 1. The second-order valence-corrected chi connectivity index (χ2v) is 8.68. The van der Waals surface area contributed by atoms with Crippen molar-refractivity contribution in [2.45, 2.75) is 25.6 Å². The minimum Gasteiger partial charge on any atom is -0.487 e. The standard InChI is InChI=1S/C27H23F3N4O3/c1-17-5-6-21(33-26(35)18-3-2-4-20(11-18)27(28,29)30)12-24(17)34-15-19(13-32-34)23-14-31-9-7-25(23)37-22-8-10-36-16-22/h2-7,9,11-15,22H,8,10,16H2,1H3,(H,33,35)/t22-/m1/s1. The van der Waals surface area contributed by atoms with Crippen molar-refractivity contribution < 1.29 is 27.4 Å². The van der Waals surface area contributed by atoms with Crippen molar-refractivity contribution in [3.8, 4) is 22.6 Å². The van der Waals surface area contributed by atoms with Crippen LogP contribution in [0, 0.1) is 6.92 Å². The second-order valence-electron chi connectivity index (χ2n) is 8.68. The Balaban J connectivity index is 1.38. The first-order valence-electron chi connectivity index (χ1n) is 11.6. The summed E-state index contributed by atoms with van der Waals surface area (Å²) in [7, 11) is 0. The van der Waals surface area contributed by atoms with E-state index < -0.39 is 17.6 Å². The summed E-state index contributed by atoms with van der Waals surface area (Å²) in [5.41, 5.74) is 2.61. The Bertz CT molecular complexity index is 1430. The van der Waals surface area contributed by atoms with Crippen LogP contribution in [0.4, 0.5) is 18.9 Å². The molecule has 190 valence electrons. The number of aromatic nitrogens is 3. The first-order valence-corrected chi connectivity index (χ1v) is 11.6. The number of hydrogen-bond acceptors (Lipinski definition) is 5. The van der Waals surface area contributed by atoms with Gasteiger partial charge in [0.2, 0.25) is 0 Å². The van der Waals surface area contributed by atoms with Crippen LogP contribution in [-0.4, -0.2) is 40.0 Å². The maximum Gasteiger partial charge on any atom is 0.416 e. The number of rotatable bonds is 6. The molecule has 37 heavy (non-hydrogen) atoms. The van der Waals surface area contributed by atoms with E-state index in [-0.39, 0.29) is 11.7 Å². The van der Waals surface area contributed by atoms with Gasteiger partial charge >= 0.3 is 6.18 Å². The van der Waals surface area contributed by atoms with E-state index in [0.717, 1.165) is 35.2 Å². The highest BCUT2D eigenvalue weighted by Crippen LogP contribution is 2.32. The number of carbonyl (C=O) groups is 1. The minimum atomic E-state index is -4.53. The highest BCUT2D eigenvalue weighted by molar-refractivity contribution is 6.04. The molecule has 1 atom stereocenters. The van der Waals surface area contributed by atoms with Crippen molar-refractivity contribution in [2.24, 2.45) is 0 Å². The van der Waals surface area contributed by atoms with Crippen molar-refractivity contribution in [2.75, 3.05) is 18.5 Å². The molecule has 3 heterocycles. The predicted octanol–water partition coefficient (Wildman–Crippen LogP) is 5.68. The molecule has 1 aliphatic rings. The number of carbonyl (C=O) groups excluding carboxylic acids is 1. The zero-order chi connectivity index (χ0) is 26.0. The topological polar surface area (TPSA) is 78.3 Å². The van der Waals surface area contributed by atoms with E-state index in [4.69, 9.17) is 9.47 Å². The Morgan fingerprint density at radius 2 is 2.03 bits per heavy atom. The quantitative estimate of drug-likeness (QED) is 0.363. The predicted molar refractivity (Wildman–Crippen MR) is 131 cm³/mol. The number of amides is 1. The van der Waals surface area contributed by atoms with Crippen molar-refractivity contribution >= 4 is 11.6 Å². The molecular formula is C27H23F3N4O3. The number of nitrogens with zero attached hydrogens (tertiary/aromatic N) is 3. The summed E-state index contributed by atoms with van der Waals surface area (Å²) in [5.74, 6) is 0.0407. The van der Waals surface area contributed by atoms with Gasteiger partial charge in [0.15, 0.2) is 0 Å². The molecule has 0 bridgehead atoms. The summed E-state index contributed by atoms with van der Waals surface area (Å²) in [6.45, 7) is 3.11. The monoisotopic (exact) mass is 508 g/mol. The van der Waals surface area contributed by atoms with Gasteiger partial charge in [-0.15, -0.1) is 0 Å². The van der Waals surface area contributed by atoms with Crippen molar-refractivity contribution in [3.05, 3.63) is 90.0 Å². The van der Waals surface area contributed by atoms with Gasteiger partial charge in [-0.2, -0.15) is 18.3 Å². The lowest BCUT2D eigenvalue weighted by atomic mass is 10.1. The Kier molecular flexibility index (Phi) is 6.66. The normalized spacial score (nSPS) is 15.5. The van der Waals surface area contributed by atoms with Crippen molar-refractivity contribution in [1.82, 2.24) is 14.8 Å². The van der Waals surface area contributed by atoms with Gasteiger partial charge in [-0.1, -0.05) is 12.1 Å². The fraction of sp³-hybridized carbons (Fsp3) is 0.222. The van der Waals surface area contributed by atoms with Crippen LogP contribution in [-0.2, 0) is 10.9 Å². The average Bonchev–Trinajstić information content (AvgIpc) is 3.58. The number of nitrogens with one attached hydrogen (secondary N) is 1. The molecular weight excluding hydrogens is 485 g/mol. The molecule has 4 aromatic rings. The number of ether oxygens (including phenoxy) is 2. The van der Waals surface area contributed by atoms with E-state index in [1.54, 1.807) is 47.5 Å².